The lowest BCUT2D eigenvalue weighted by Gasteiger charge is -2.12. The maximum atomic E-state index is 12.4. The Kier molecular flexibility index (Phi) is 5.38. The number of carbonyl (C=O) groups is 3. The monoisotopic (exact) mass is 348 g/mol. The van der Waals surface area contributed by atoms with Gasteiger partial charge in [-0.2, -0.15) is 0 Å². The van der Waals surface area contributed by atoms with E-state index in [1.165, 1.54) is 11.8 Å². The molecule has 0 fully saturated rings. The first-order valence-corrected chi connectivity index (χ1v) is 7.19. The Morgan fingerprint density at radius 2 is 1.76 bits per heavy atom. The number of allylic oxidation sites excluding steroid dienone is 4. The number of hydrogen-bond acceptors (Lipinski definition) is 8. The number of nitrogens with zero attached hydrogens (tertiary/aromatic N) is 2. The highest BCUT2D eigenvalue weighted by atomic mass is 16.5. The predicted molar refractivity (Wildman–Crippen MR) is 85.4 cm³/mol. The fourth-order valence-electron chi connectivity index (χ4n) is 2.27. The van der Waals surface area contributed by atoms with E-state index in [1.807, 2.05) is 12.2 Å². The van der Waals surface area contributed by atoms with Crippen molar-refractivity contribution < 1.29 is 33.3 Å². The Bertz CT molecular complexity index is 773. The number of methoxy groups -OCH3 is 3. The van der Waals surface area contributed by atoms with E-state index in [0.29, 0.717) is 5.70 Å². The van der Waals surface area contributed by atoms with E-state index in [1.54, 1.807) is 24.2 Å². The quantitative estimate of drug-likeness (QED) is 0.327. The summed E-state index contributed by atoms with van der Waals surface area (Å²) in [6.07, 6.45) is 8.04. The smallest absolute Gasteiger partial charge is 0.407 e. The molecule has 2 rings (SSSR count). The molecular weight excluding hydrogens is 330 g/mol. The number of ether oxygens (including phenoxy) is 3. The molecule has 0 unspecified atom stereocenters. The van der Waals surface area contributed by atoms with E-state index in [0.717, 1.165) is 26.0 Å². The summed E-state index contributed by atoms with van der Waals surface area (Å²) in [4.78, 5) is 36.2. The van der Waals surface area contributed by atoms with Gasteiger partial charge in [0, 0.05) is 19.2 Å². The standard InChI is InChI=1S/C16H17N3O6/c1-10-12-7-5-6-8-18(12)17-19(10)14(16(22)25-4)11(15(21)24-3)9-13(20)23-2/h5-9H,1-4H3/p+1. The van der Waals surface area contributed by atoms with E-state index < -0.39 is 17.9 Å². The highest BCUT2D eigenvalue weighted by molar-refractivity contribution is 6.47. The van der Waals surface area contributed by atoms with Crippen molar-refractivity contribution in [3.63, 3.8) is 0 Å². The number of hydrazone groups is 1. The minimum atomic E-state index is -0.888. The Hall–Kier alpha value is -3.36. The van der Waals surface area contributed by atoms with Crippen molar-refractivity contribution in [3.05, 3.63) is 47.5 Å². The summed E-state index contributed by atoms with van der Waals surface area (Å²) >= 11 is 0. The van der Waals surface area contributed by atoms with Crippen molar-refractivity contribution in [2.45, 2.75) is 6.92 Å². The van der Waals surface area contributed by atoms with Crippen LogP contribution in [0, 0.1) is 0 Å². The Morgan fingerprint density at radius 1 is 1.08 bits per heavy atom. The van der Waals surface area contributed by atoms with Crippen molar-refractivity contribution in [2.24, 2.45) is 0 Å². The lowest BCUT2D eigenvalue weighted by Crippen LogP contribution is -2.41. The van der Waals surface area contributed by atoms with Gasteiger partial charge in [-0.05, 0) is 12.2 Å². The highest BCUT2D eigenvalue weighted by Gasteiger charge is 2.41. The second kappa shape index (κ2) is 7.47. The molecule has 0 saturated carbocycles. The van der Waals surface area contributed by atoms with Crippen LogP contribution in [-0.2, 0) is 28.6 Å². The van der Waals surface area contributed by atoms with E-state index in [-0.39, 0.29) is 11.3 Å². The molecule has 0 saturated heterocycles. The van der Waals surface area contributed by atoms with Gasteiger partial charge in [0.15, 0.2) is 0 Å². The minimum Gasteiger partial charge on any atom is -0.466 e. The number of hydrazine groups is 2. The molecule has 0 amide bonds. The zero-order chi connectivity index (χ0) is 18.6. The Morgan fingerprint density at radius 3 is 2.32 bits per heavy atom. The zero-order valence-electron chi connectivity index (χ0n) is 14.2. The molecular formula is C16H18N3O6+. The third-order valence-corrected chi connectivity index (χ3v) is 3.50. The molecule has 9 heteroatoms. The van der Waals surface area contributed by atoms with Crippen LogP contribution in [0.5, 0.6) is 0 Å². The van der Waals surface area contributed by atoms with Gasteiger partial charge in [0.2, 0.25) is 5.70 Å². The lowest BCUT2D eigenvalue weighted by atomic mass is 10.1. The van der Waals surface area contributed by atoms with Gasteiger partial charge >= 0.3 is 23.6 Å². The molecule has 0 spiro atoms. The molecule has 0 atom stereocenters. The predicted octanol–water partition coefficient (Wildman–Crippen LogP) is -0.0645. The van der Waals surface area contributed by atoms with Crippen molar-refractivity contribution in [3.8, 4) is 0 Å². The molecule has 0 aromatic carbocycles. The summed E-state index contributed by atoms with van der Waals surface area (Å²) in [5.41, 5.74) is 3.78. The molecule has 1 N–H and O–H groups in total. The molecule has 0 radical (unpaired) electrons. The third kappa shape index (κ3) is 3.44. The number of esters is 3. The fourth-order valence-corrected chi connectivity index (χ4v) is 2.27. The van der Waals surface area contributed by atoms with Crippen molar-refractivity contribution in [1.82, 2.24) is 10.5 Å². The van der Waals surface area contributed by atoms with E-state index in [4.69, 9.17) is 9.47 Å². The molecule has 9 nitrogen and oxygen atoms in total. The summed E-state index contributed by atoms with van der Waals surface area (Å²) in [5.74, 6) is -2.54. The lowest BCUT2D eigenvalue weighted by molar-refractivity contribution is -0.550. The molecule has 25 heavy (non-hydrogen) atoms. The summed E-state index contributed by atoms with van der Waals surface area (Å²) in [6.45, 7) is 1.74. The summed E-state index contributed by atoms with van der Waals surface area (Å²) in [5, 5.41) is 1.64. The zero-order valence-corrected chi connectivity index (χ0v) is 14.2. The van der Waals surface area contributed by atoms with Gasteiger partial charge in [-0.1, -0.05) is 16.3 Å². The van der Waals surface area contributed by atoms with Crippen molar-refractivity contribution >= 4 is 23.6 Å². The minimum absolute atomic E-state index is 0.207. The molecule has 132 valence electrons. The number of rotatable bonds is 4. The van der Waals surface area contributed by atoms with Crippen LogP contribution in [0.2, 0.25) is 0 Å². The normalized spacial score (nSPS) is 17.8. The van der Waals surface area contributed by atoms with Crippen LogP contribution in [0.25, 0.3) is 0 Å². The van der Waals surface area contributed by atoms with Crippen LogP contribution < -0.4 is 5.53 Å². The van der Waals surface area contributed by atoms with Gasteiger partial charge in [-0.15, -0.1) is 0 Å². The van der Waals surface area contributed by atoms with Gasteiger partial charge in [0.1, 0.15) is 11.3 Å². The van der Waals surface area contributed by atoms with Crippen LogP contribution in [0.4, 0.5) is 0 Å². The molecule has 2 aliphatic rings. The van der Waals surface area contributed by atoms with Gasteiger partial charge in [0.05, 0.1) is 21.3 Å². The van der Waals surface area contributed by atoms with Crippen LogP contribution in [-0.4, -0.2) is 54.6 Å². The summed E-state index contributed by atoms with van der Waals surface area (Å²) in [6, 6.07) is 0. The van der Waals surface area contributed by atoms with Crippen LogP contribution >= 0.6 is 0 Å². The van der Waals surface area contributed by atoms with Gasteiger partial charge in [-0.3, -0.25) is 0 Å². The van der Waals surface area contributed by atoms with Crippen LogP contribution in [0.3, 0.4) is 0 Å². The number of hydrogen-bond donors (Lipinski definition) is 1. The third-order valence-electron chi connectivity index (χ3n) is 3.50. The summed E-state index contributed by atoms with van der Waals surface area (Å²) in [7, 11) is 3.46. The molecule has 0 aromatic heterocycles. The molecule has 0 bridgehead atoms. The van der Waals surface area contributed by atoms with Gasteiger partial charge in [0.25, 0.3) is 0 Å². The second-order valence-corrected chi connectivity index (χ2v) is 4.89. The van der Waals surface area contributed by atoms with E-state index in [9.17, 15) is 14.4 Å². The first kappa shape index (κ1) is 18.0. The Balaban J connectivity index is 2.69. The number of fused-ring (bicyclic) bond motifs is 1. The average molecular weight is 348 g/mol. The van der Waals surface area contributed by atoms with Crippen LogP contribution in [0.15, 0.2) is 47.5 Å². The maximum absolute atomic E-state index is 12.4. The average Bonchev–Trinajstić information content (AvgIpc) is 2.96. The fraction of sp³-hybridized carbons (Fsp3) is 0.250. The maximum Gasteiger partial charge on any atom is 0.407 e. The second-order valence-electron chi connectivity index (χ2n) is 4.89. The first-order chi connectivity index (χ1) is 11.9. The van der Waals surface area contributed by atoms with Gasteiger partial charge in [-0.25, -0.2) is 19.4 Å². The molecule has 2 heterocycles. The largest absolute Gasteiger partial charge is 0.466 e. The van der Waals surface area contributed by atoms with Crippen LogP contribution in [0.1, 0.15) is 6.92 Å². The highest BCUT2D eigenvalue weighted by Crippen LogP contribution is 2.22. The molecule has 2 aliphatic heterocycles. The molecule has 0 aliphatic carbocycles. The van der Waals surface area contributed by atoms with Crippen molar-refractivity contribution in [1.29, 1.82) is 0 Å². The molecule has 0 aromatic rings. The first-order valence-electron chi connectivity index (χ1n) is 7.19. The topological polar surface area (TPSA) is 97.2 Å². The van der Waals surface area contributed by atoms with E-state index in [2.05, 4.69) is 10.3 Å². The Labute approximate surface area is 144 Å². The summed E-state index contributed by atoms with van der Waals surface area (Å²) < 4.78 is 15.4. The van der Waals surface area contributed by atoms with Crippen molar-refractivity contribution in [2.75, 3.05) is 21.3 Å². The van der Waals surface area contributed by atoms with Gasteiger partial charge < -0.3 is 14.2 Å². The van der Waals surface area contributed by atoms with E-state index >= 15 is 0 Å². The SMILES string of the molecule is COC(=O)/C=C(\C(=O)OC)C(C(=O)OC)=[N+]1NN2C=CC=CC2=C1C. The number of nitrogens with one attached hydrogen (secondary N) is 1. The number of carbonyl (C=O) groups excluding carboxylic acids is 3.